The summed E-state index contributed by atoms with van der Waals surface area (Å²) < 4.78 is 261. The van der Waals surface area contributed by atoms with Gasteiger partial charge in [-0.2, -0.15) is 74.6 Å². The molecule has 192 valence electrons. The van der Waals surface area contributed by atoms with Crippen molar-refractivity contribution in [3.8, 4) is 0 Å². The summed E-state index contributed by atoms with van der Waals surface area (Å²) >= 11 is 0. The van der Waals surface area contributed by atoms with Crippen LogP contribution in [0.15, 0.2) is 30.5 Å². The summed E-state index contributed by atoms with van der Waals surface area (Å²) in [7, 11) is 0. The molecule has 1 rings (SSSR count). The van der Waals surface area contributed by atoms with E-state index in [1.165, 1.54) is 0 Å². The van der Waals surface area contributed by atoms with Gasteiger partial charge in [0.15, 0.2) is 18.9 Å². The van der Waals surface area contributed by atoms with Crippen molar-refractivity contribution in [3.63, 3.8) is 0 Å². The Kier molecular flexibility index (Phi) is 5.23. The van der Waals surface area contributed by atoms with Gasteiger partial charge in [-0.15, -0.1) is 0 Å². The molecule has 0 saturated carbocycles. The third kappa shape index (κ3) is 4.17. The monoisotopic (exact) mass is 531 g/mol. The van der Waals surface area contributed by atoms with Gasteiger partial charge < -0.3 is 0 Å². The zero-order valence-corrected chi connectivity index (χ0v) is 14.8. The van der Waals surface area contributed by atoms with E-state index in [2.05, 4.69) is 0 Å². The SMILES string of the molecule is [2H]c1c([2H])c([2H])[n+](CCC(F)(F)C(F)(F)C(F)(F)C(F)(F)C(F)(F)C(F)(F)C(F)(F)C(F)(F)F)c([2H])c1[2H]. The van der Waals surface area contributed by atoms with E-state index in [0.717, 1.165) is 0 Å². The molecule has 0 radical (unpaired) electrons. The Morgan fingerprint density at radius 1 is 0.485 bits per heavy atom. The number of rotatable bonds is 9. The first-order valence-electron chi connectivity index (χ1n) is 10.1. The summed E-state index contributed by atoms with van der Waals surface area (Å²) in [6.07, 6.45) is -13.8. The van der Waals surface area contributed by atoms with Gasteiger partial charge in [0.25, 0.3) is 0 Å². The third-order valence-corrected chi connectivity index (χ3v) is 3.94. The highest BCUT2D eigenvalue weighted by atomic mass is 19.4. The van der Waals surface area contributed by atoms with Gasteiger partial charge in [-0.1, -0.05) is 6.04 Å². The van der Waals surface area contributed by atoms with Crippen LogP contribution in [0.25, 0.3) is 0 Å². The second-order valence-corrected chi connectivity index (χ2v) is 6.15. The maximum Gasteiger partial charge on any atom is 0.460 e. The van der Waals surface area contributed by atoms with Gasteiger partial charge >= 0.3 is 47.6 Å². The average molecular weight is 531 g/mol. The summed E-state index contributed by atoms with van der Waals surface area (Å²) in [5.74, 6) is -57.4. The Bertz CT molecular complexity index is 1040. The van der Waals surface area contributed by atoms with E-state index in [1.807, 2.05) is 0 Å². The van der Waals surface area contributed by atoms with E-state index < -0.39 is 91.1 Å². The largest absolute Gasteiger partial charge is 0.460 e. The molecule has 0 bridgehead atoms. The van der Waals surface area contributed by atoms with Crippen molar-refractivity contribution in [2.75, 3.05) is 0 Å². The first-order chi connectivity index (χ1) is 16.4. The van der Waals surface area contributed by atoms with Crippen LogP contribution in [0.1, 0.15) is 13.3 Å². The normalized spacial score (nSPS) is 17.8. The second-order valence-electron chi connectivity index (χ2n) is 6.15. The molecule has 0 amide bonds. The minimum absolute atomic E-state index is 0.310. The van der Waals surface area contributed by atoms with Gasteiger partial charge in [-0.3, -0.25) is 0 Å². The van der Waals surface area contributed by atoms with Gasteiger partial charge in [0.05, 0.1) is 10.5 Å². The van der Waals surface area contributed by atoms with Crippen molar-refractivity contribution in [1.29, 1.82) is 0 Å². The van der Waals surface area contributed by atoms with E-state index >= 15 is 0 Å². The molecule has 0 atom stereocenters. The maximum absolute atomic E-state index is 14.0. The van der Waals surface area contributed by atoms with Crippen LogP contribution in [0.4, 0.5) is 74.6 Å². The number of alkyl halides is 17. The molecule has 0 aromatic carbocycles. The number of hydrogen-bond acceptors (Lipinski definition) is 0. The van der Waals surface area contributed by atoms with E-state index in [1.54, 1.807) is 0 Å². The van der Waals surface area contributed by atoms with E-state index in [-0.39, 0.29) is 4.57 Å². The summed E-state index contributed by atoms with van der Waals surface area (Å²) in [5, 5.41) is 0. The Balaban J connectivity index is 3.59. The average Bonchev–Trinajstić information content (AvgIpc) is 2.74. The van der Waals surface area contributed by atoms with Crippen LogP contribution in [-0.2, 0) is 6.54 Å². The molecule has 0 aliphatic heterocycles. The van der Waals surface area contributed by atoms with Crippen molar-refractivity contribution < 1.29 is 86.1 Å². The Hall–Kier alpha value is -2.04. The number of pyridine rings is 1. The molecule has 0 spiro atoms. The molecule has 1 aromatic rings. The molecule has 0 aliphatic rings. The first-order valence-corrected chi connectivity index (χ1v) is 7.58. The lowest BCUT2D eigenvalue weighted by atomic mass is 9.88. The van der Waals surface area contributed by atoms with Crippen LogP contribution >= 0.6 is 0 Å². The summed E-state index contributed by atoms with van der Waals surface area (Å²) in [4.78, 5) is 0. The molecule has 1 heterocycles. The molecule has 0 unspecified atom stereocenters. The molecule has 0 fully saturated rings. The van der Waals surface area contributed by atoms with Crippen molar-refractivity contribution in [1.82, 2.24) is 0 Å². The lowest BCUT2D eigenvalue weighted by molar-refractivity contribution is -0.700. The second kappa shape index (κ2) is 8.02. The molecular formula is C15H9F17N+. The molecular weight excluding hydrogens is 517 g/mol. The first kappa shape index (κ1) is 21.5. The minimum Gasteiger partial charge on any atom is -0.205 e. The predicted molar refractivity (Wildman–Crippen MR) is 71.9 cm³/mol. The van der Waals surface area contributed by atoms with Crippen LogP contribution in [0.3, 0.4) is 0 Å². The van der Waals surface area contributed by atoms with Crippen LogP contribution in [0, 0.1) is 0 Å². The van der Waals surface area contributed by atoms with Gasteiger partial charge in [-0.25, -0.2) is 4.57 Å². The fourth-order valence-corrected chi connectivity index (χ4v) is 1.97. The van der Waals surface area contributed by atoms with E-state index in [0.29, 0.717) is 0 Å². The molecule has 1 aromatic heterocycles. The lowest BCUT2D eigenvalue weighted by Gasteiger charge is -2.42. The summed E-state index contributed by atoms with van der Waals surface area (Å²) in [6, 6.07) is -3.85. The summed E-state index contributed by atoms with van der Waals surface area (Å²) in [5.41, 5.74) is 0. The van der Waals surface area contributed by atoms with Crippen molar-refractivity contribution in [2.45, 2.75) is 60.6 Å². The highest BCUT2D eigenvalue weighted by molar-refractivity contribution is 5.15. The Morgan fingerprint density at radius 3 is 1.18 bits per heavy atom. The van der Waals surface area contributed by atoms with Crippen molar-refractivity contribution >= 4 is 0 Å². The molecule has 0 N–H and O–H groups in total. The topological polar surface area (TPSA) is 3.88 Å². The number of aromatic nitrogens is 1. The molecule has 0 aliphatic carbocycles. The number of nitrogens with zero attached hydrogens (tertiary/aromatic N) is 1. The number of halogens is 17. The fraction of sp³-hybridized carbons (Fsp3) is 0.667. The molecule has 1 nitrogen and oxygen atoms in total. The smallest absolute Gasteiger partial charge is 0.205 e. The lowest BCUT2D eigenvalue weighted by Crippen LogP contribution is -2.74. The van der Waals surface area contributed by atoms with Crippen LogP contribution < -0.4 is 4.57 Å². The summed E-state index contributed by atoms with van der Waals surface area (Å²) in [6.45, 7) is -2.04. The minimum atomic E-state index is -8.75. The van der Waals surface area contributed by atoms with Crippen molar-refractivity contribution in [3.05, 3.63) is 30.5 Å². The quantitative estimate of drug-likeness (QED) is 0.258. The Morgan fingerprint density at radius 2 is 0.818 bits per heavy atom. The molecule has 0 saturated heterocycles. The van der Waals surface area contributed by atoms with Crippen LogP contribution in [0.5, 0.6) is 0 Å². The Labute approximate surface area is 178 Å². The van der Waals surface area contributed by atoms with Gasteiger partial charge in [-0.05, 0) is 0 Å². The van der Waals surface area contributed by atoms with Gasteiger partial charge in [0.2, 0.25) is 0 Å². The van der Waals surface area contributed by atoms with Crippen LogP contribution in [0.2, 0.25) is 0 Å². The number of hydrogen-bond donors (Lipinski definition) is 0. The maximum atomic E-state index is 14.0. The highest BCUT2D eigenvalue weighted by Crippen LogP contribution is 2.64. The standard InChI is InChI=1S/C15H9F17N/c16-8(17,4-7-33-5-2-1-3-6-33)9(18,19)10(20,21)11(22,23)12(24,25)13(26,27)14(28,29)15(30,31)32/h1-3,5-6H,4,7H2/q+1/i1D,2D,3D,5D,6D. The third-order valence-electron chi connectivity index (χ3n) is 3.94. The zero-order chi connectivity index (χ0) is 30.9. The van der Waals surface area contributed by atoms with Gasteiger partial charge in [0, 0.05) is 12.1 Å². The van der Waals surface area contributed by atoms with Gasteiger partial charge in [0.1, 0.15) is 2.74 Å². The highest BCUT2D eigenvalue weighted by Gasteiger charge is 2.95. The molecule has 33 heavy (non-hydrogen) atoms. The predicted octanol–water partition coefficient (Wildman–Crippen LogP) is 6.37. The fourth-order valence-electron chi connectivity index (χ4n) is 1.97. The van der Waals surface area contributed by atoms with E-state index in [9.17, 15) is 74.6 Å². The van der Waals surface area contributed by atoms with Crippen LogP contribution in [-0.4, -0.2) is 47.6 Å². The van der Waals surface area contributed by atoms with E-state index in [4.69, 9.17) is 6.85 Å². The van der Waals surface area contributed by atoms with Crippen molar-refractivity contribution in [2.24, 2.45) is 0 Å². The molecule has 18 heteroatoms. The zero-order valence-electron chi connectivity index (χ0n) is 19.8.